The summed E-state index contributed by atoms with van der Waals surface area (Å²) in [6.07, 6.45) is 3.17. The second-order valence-electron chi connectivity index (χ2n) is 6.08. The Bertz CT molecular complexity index is 273. The van der Waals surface area contributed by atoms with Crippen LogP contribution in [0, 0.1) is 0 Å². The highest BCUT2D eigenvalue weighted by Crippen LogP contribution is 2.22. The normalized spacial score (nSPS) is 22.7. The van der Waals surface area contributed by atoms with Crippen LogP contribution in [0.5, 0.6) is 0 Å². The van der Waals surface area contributed by atoms with Gasteiger partial charge in [0, 0.05) is 12.6 Å². The molecule has 1 aliphatic rings. The summed E-state index contributed by atoms with van der Waals surface area (Å²) in [5.41, 5.74) is -0.416. The fourth-order valence-electron chi connectivity index (χ4n) is 2.48. The molecule has 1 amide bonds. The van der Waals surface area contributed by atoms with Crippen LogP contribution in [0.1, 0.15) is 53.9 Å². The molecule has 4 nitrogen and oxygen atoms in total. The van der Waals surface area contributed by atoms with E-state index in [4.69, 9.17) is 4.74 Å². The van der Waals surface area contributed by atoms with E-state index >= 15 is 0 Å². The summed E-state index contributed by atoms with van der Waals surface area (Å²) in [5.74, 6) is 0. The predicted molar refractivity (Wildman–Crippen MR) is 73.7 cm³/mol. The first-order chi connectivity index (χ1) is 8.35. The van der Waals surface area contributed by atoms with Gasteiger partial charge in [-0.05, 0) is 53.5 Å². The average Bonchev–Trinajstić information content (AvgIpc) is 2.27. The molecule has 0 aliphatic carbocycles. The average molecular weight is 256 g/mol. The first-order valence-electron chi connectivity index (χ1n) is 7.08. The van der Waals surface area contributed by atoms with Gasteiger partial charge in [0.05, 0.1) is 6.04 Å². The number of hydrogen-bond acceptors (Lipinski definition) is 3. The maximum Gasteiger partial charge on any atom is 0.410 e. The Labute approximate surface area is 111 Å². The molecule has 1 N–H and O–H groups in total. The number of likely N-dealkylation sites (tertiary alicyclic amines) is 1. The molecule has 0 aromatic carbocycles. The van der Waals surface area contributed by atoms with E-state index < -0.39 is 5.60 Å². The van der Waals surface area contributed by atoms with Crippen molar-refractivity contribution in [3.05, 3.63) is 0 Å². The van der Waals surface area contributed by atoms with Crippen molar-refractivity contribution >= 4 is 6.09 Å². The van der Waals surface area contributed by atoms with Gasteiger partial charge in [-0.25, -0.2) is 4.79 Å². The molecular formula is C14H28N2O2. The van der Waals surface area contributed by atoms with Crippen molar-refractivity contribution in [1.82, 2.24) is 10.2 Å². The third kappa shape index (κ3) is 4.48. The lowest BCUT2D eigenvalue weighted by atomic mass is 9.97. The number of rotatable bonds is 3. The van der Waals surface area contributed by atoms with E-state index in [-0.39, 0.29) is 12.1 Å². The highest BCUT2D eigenvalue weighted by molar-refractivity contribution is 5.68. The fraction of sp³-hybridized carbons (Fsp3) is 0.929. The molecule has 0 unspecified atom stereocenters. The summed E-state index contributed by atoms with van der Waals surface area (Å²) in [5, 5.41) is 3.41. The van der Waals surface area contributed by atoms with E-state index in [2.05, 4.69) is 19.2 Å². The number of nitrogens with one attached hydrogen (secondary N) is 1. The lowest BCUT2D eigenvalue weighted by molar-refractivity contribution is 0.00569. The number of carbonyl (C=O) groups excluding carboxylic acids is 1. The van der Waals surface area contributed by atoms with Gasteiger partial charge in [-0.1, -0.05) is 6.92 Å². The summed E-state index contributed by atoms with van der Waals surface area (Å²) < 4.78 is 5.49. The molecule has 1 fully saturated rings. The third-order valence-corrected chi connectivity index (χ3v) is 3.28. The van der Waals surface area contributed by atoms with Crippen LogP contribution in [-0.2, 0) is 4.74 Å². The molecule has 2 atom stereocenters. The number of likely N-dealkylation sites (N-methyl/N-ethyl adjacent to an activating group) is 1. The molecule has 0 aromatic rings. The zero-order chi connectivity index (χ0) is 13.8. The Morgan fingerprint density at radius 1 is 1.44 bits per heavy atom. The Morgan fingerprint density at radius 3 is 2.67 bits per heavy atom. The van der Waals surface area contributed by atoms with Crippen molar-refractivity contribution in [3.63, 3.8) is 0 Å². The monoisotopic (exact) mass is 256 g/mol. The summed E-state index contributed by atoms with van der Waals surface area (Å²) >= 11 is 0. The molecule has 1 heterocycles. The molecule has 4 heteroatoms. The maximum atomic E-state index is 12.2. The number of nitrogens with zero attached hydrogens (tertiary/aromatic N) is 1. The standard InChI is InChI=1S/C14H28N2O2/c1-6-15-11(2)12-9-7-8-10-16(12)13(17)18-14(3,4)5/h11-12,15H,6-10H2,1-5H3/t11-,12-/m1/s1. The zero-order valence-corrected chi connectivity index (χ0v) is 12.5. The van der Waals surface area contributed by atoms with Crippen molar-refractivity contribution in [2.75, 3.05) is 13.1 Å². The van der Waals surface area contributed by atoms with E-state index in [0.717, 1.165) is 25.9 Å². The van der Waals surface area contributed by atoms with Gasteiger partial charge in [-0.15, -0.1) is 0 Å². The lowest BCUT2D eigenvalue weighted by Crippen LogP contribution is -2.54. The number of piperidine rings is 1. The molecule has 0 spiro atoms. The highest BCUT2D eigenvalue weighted by Gasteiger charge is 2.33. The highest BCUT2D eigenvalue weighted by atomic mass is 16.6. The minimum Gasteiger partial charge on any atom is -0.444 e. The molecule has 1 aliphatic heterocycles. The van der Waals surface area contributed by atoms with Gasteiger partial charge in [-0.3, -0.25) is 0 Å². The van der Waals surface area contributed by atoms with Gasteiger partial charge < -0.3 is 15.0 Å². The van der Waals surface area contributed by atoms with Crippen molar-refractivity contribution in [2.45, 2.75) is 71.6 Å². The molecule has 1 rings (SSSR count). The van der Waals surface area contributed by atoms with Crippen molar-refractivity contribution < 1.29 is 9.53 Å². The topological polar surface area (TPSA) is 41.6 Å². The second kappa shape index (κ2) is 6.41. The number of carbonyl (C=O) groups is 1. The number of amides is 1. The van der Waals surface area contributed by atoms with Gasteiger partial charge in [0.25, 0.3) is 0 Å². The number of ether oxygens (including phenoxy) is 1. The maximum absolute atomic E-state index is 12.2. The van der Waals surface area contributed by atoms with E-state index in [1.807, 2.05) is 25.7 Å². The van der Waals surface area contributed by atoms with Crippen LogP contribution in [0.3, 0.4) is 0 Å². The molecule has 18 heavy (non-hydrogen) atoms. The van der Waals surface area contributed by atoms with E-state index in [0.29, 0.717) is 6.04 Å². The van der Waals surface area contributed by atoms with Crippen molar-refractivity contribution in [2.24, 2.45) is 0 Å². The third-order valence-electron chi connectivity index (χ3n) is 3.28. The lowest BCUT2D eigenvalue weighted by Gasteiger charge is -2.40. The largest absolute Gasteiger partial charge is 0.444 e. The summed E-state index contributed by atoms with van der Waals surface area (Å²) in [6.45, 7) is 11.7. The minimum atomic E-state index is -0.416. The minimum absolute atomic E-state index is 0.169. The predicted octanol–water partition coefficient (Wildman–Crippen LogP) is 2.77. The molecule has 106 valence electrons. The van der Waals surface area contributed by atoms with Gasteiger partial charge in [0.2, 0.25) is 0 Å². The van der Waals surface area contributed by atoms with Crippen LogP contribution in [-0.4, -0.2) is 41.8 Å². The summed E-state index contributed by atoms with van der Waals surface area (Å²) in [7, 11) is 0. The first kappa shape index (κ1) is 15.3. The van der Waals surface area contributed by atoms with E-state index in [1.54, 1.807) is 0 Å². The smallest absolute Gasteiger partial charge is 0.410 e. The van der Waals surface area contributed by atoms with Crippen LogP contribution in [0.2, 0.25) is 0 Å². The molecule has 0 radical (unpaired) electrons. The van der Waals surface area contributed by atoms with Crippen LogP contribution in [0.4, 0.5) is 4.79 Å². The second-order valence-corrected chi connectivity index (χ2v) is 6.08. The summed E-state index contributed by atoms with van der Waals surface area (Å²) in [6, 6.07) is 0.580. The Kier molecular flexibility index (Phi) is 5.45. The molecule has 0 bridgehead atoms. The number of hydrogen-bond donors (Lipinski definition) is 1. The van der Waals surface area contributed by atoms with Crippen molar-refractivity contribution in [1.29, 1.82) is 0 Å². The van der Waals surface area contributed by atoms with Crippen molar-refractivity contribution in [3.8, 4) is 0 Å². The zero-order valence-electron chi connectivity index (χ0n) is 12.5. The van der Waals surface area contributed by atoms with Crippen LogP contribution < -0.4 is 5.32 Å². The fourth-order valence-corrected chi connectivity index (χ4v) is 2.48. The van der Waals surface area contributed by atoms with E-state index in [9.17, 15) is 4.79 Å². The molecule has 1 saturated heterocycles. The van der Waals surface area contributed by atoms with E-state index in [1.165, 1.54) is 6.42 Å². The van der Waals surface area contributed by atoms with Crippen LogP contribution >= 0.6 is 0 Å². The van der Waals surface area contributed by atoms with Gasteiger partial charge in [0.1, 0.15) is 5.60 Å². The molecular weight excluding hydrogens is 228 g/mol. The summed E-state index contributed by atoms with van der Waals surface area (Å²) in [4.78, 5) is 14.1. The Balaban J connectivity index is 2.67. The first-order valence-corrected chi connectivity index (χ1v) is 7.08. The molecule has 0 saturated carbocycles. The Morgan fingerprint density at radius 2 is 2.11 bits per heavy atom. The quantitative estimate of drug-likeness (QED) is 0.844. The Hall–Kier alpha value is -0.770. The molecule has 0 aromatic heterocycles. The van der Waals surface area contributed by atoms with Gasteiger partial charge >= 0.3 is 6.09 Å². The van der Waals surface area contributed by atoms with Crippen LogP contribution in [0.15, 0.2) is 0 Å². The van der Waals surface area contributed by atoms with Gasteiger partial charge in [-0.2, -0.15) is 0 Å². The van der Waals surface area contributed by atoms with Gasteiger partial charge in [0.15, 0.2) is 0 Å². The SMILES string of the molecule is CCN[C@H](C)[C@H]1CCCCN1C(=O)OC(C)(C)C. The van der Waals surface area contributed by atoms with Crippen LogP contribution in [0.25, 0.3) is 0 Å².